The highest BCUT2D eigenvalue weighted by atomic mass is 79.9. The van der Waals surface area contributed by atoms with Gasteiger partial charge < -0.3 is 15.3 Å². The van der Waals surface area contributed by atoms with Gasteiger partial charge in [0.05, 0.1) is 17.3 Å². The second-order valence-electron chi connectivity index (χ2n) is 10.9. The molecular weight excluding hydrogens is 574 g/mol. The third kappa shape index (κ3) is 4.77. The molecule has 0 radical (unpaired) electrons. The van der Waals surface area contributed by atoms with Gasteiger partial charge >= 0.3 is 0 Å². The number of rotatable bonds is 6. The molecule has 1 unspecified atom stereocenters. The number of piperidine rings is 1. The van der Waals surface area contributed by atoms with Crippen molar-refractivity contribution in [3.05, 3.63) is 63.9 Å². The number of carbonyl (C=O) groups is 2. The molecule has 1 aromatic carbocycles. The molecule has 0 bridgehead atoms. The quantitative estimate of drug-likeness (QED) is 0.317. The molecule has 0 spiro atoms. The number of benzene rings is 1. The number of carbonyl (C=O) groups excluding carboxylic acids is 2. The molecular formula is C29H30BrN7O3. The lowest BCUT2D eigenvalue weighted by Gasteiger charge is -2.27. The van der Waals surface area contributed by atoms with Crippen molar-refractivity contribution >= 4 is 44.5 Å². The highest BCUT2D eigenvalue weighted by molar-refractivity contribution is 9.10. The number of pyridine rings is 1. The fourth-order valence-electron chi connectivity index (χ4n) is 5.78. The van der Waals surface area contributed by atoms with Gasteiger partial charge in [-0.2, -0.15) is 5.10 Å². The number of anilines is 1. The summed E-state index contributed by atoms with van der Waals surface area (Å²) < 4.78 is 2.29. The van der Waals surface area contributed by atoms with E-state index < -0.39 is 12.1 Å². The number of amides is 2. The molecule has 40 heavy (non-hydrogen) atoms. The summed E-state index contributed by atoms with van der Waals surface area (Å²) in [5.74, 6) is 1.26. The molecule has 2 amide bonds. The maximum atomic E-state index is 13.7. The first-order chi connectivity index (χ1) is 19.1. The number of halogens is 1. The van der Waals surface area contributed by atoms with E-state index >= 15 is 0 Å². The van der Waals surface area contributed by atoms with Gasteiger partial charge in [-0.1, -0.05) is 6.07 Å². The second kappa shape index (κ2) is 10.0. The van der Waals surface area contributed by atoms with E-state index in [0.29, 0.717) is 34.4 Å². The van der Waals surface area contributed by atoms with Gasteiger partial charge in [-0.15, -0.1) is 0 Å². The van der Waals surface area contributed by atoms with Crippen molar-refractivity contribution in [2.75, 3.05) is 11.9 Å². The topological polar surface area (TPSA) is 126 Å². The second-order valence-corrected chi connectivity index (χ2v) is 11.7. The standard InChI is InChI=1S/C29H30BrN7O3/c1-14-5-6-23(30)33-28(14)34-29(40)27-21-9-19(21)12-36(27)24(39)13-37-26-15(2)7-18(20-10-31-17(4)32-11-20)8-22(26)25(35-37)16(3)38/h5-8,10-11,16,19,21,27,38H,9,12-13H2,1-4H3,(H,33,34,40)/t16?,19-,21-,27+/m1/s1. The molecule has 2 N–H and O–H groups in total. The van der Waals surface area contributed by atoms with Crippen LogP contribution in [0.2, 0.25) is 0 Å². The van der Waals surface area contributed by atoms with Crippen LogP contribution < -0.4 is 5.32 Å². The van der Waals surface area contributed by atoms with Gasteiger partial charge in [0.1, 0.15) is 28.8 Å². The molecule has 4 heterocycles. The Morgan fingerprint density at radius 1 is 1.12 bits per heavy atom. The van der Waals surface area contributed by atoms with Crippen molar-refractivity contribution in [2.24, 2.45) is 11.8 Å². The van der Waals surface area contributed by atoms with Crippen molar-refractivity contribution in [1.29, 1.82) is 0 Å². The summed E-state index contributed by atoms with van der Waals surface area (Å²) in [6.45, 7) is 7.86. The Kier molecular flexibility index (Phi) is 6.66. The number of aryl methyl sites for hydroxylation is 3. The first kappa shape index (κ1) is 26.5. The maximum Gasteiger partial charge on any atom is 0.248 e. The van der Waals surface area contributed by atoms with Crippen LogP contribution in [0.3, 0.4) is 0 Å². The summed E-state index contributed by atoms with van der Waals surface area (Å²) >= 11 is 3.36. The maximum absolute atomic E-state index is 13.7. The van der Waals surface area contributed by atoms with E-state index in [2.05, 4.69) is 41.3 Å². The van der Waals surface area contributed by atoms with Crippen LogP contribution in [0.5, 0.6) is 0 Å². The number of aliphatic hydroxyl groups is 1. The number of aliphatic hydroxyl groups excluding tert-OH is 1. The smallest absolute Gasteiger partial charge is 0.248 e. The van der Waals surface area contributed by atoms with E-state index in [9.17, 15) is 14.7 Å². The van der Waals surface area contributed by atoms with Crippen LogP contribution in [0.15, 0.2) is 41.3 Å². The lowest BCUT2D eigenvalue weighted by Crippen LogP contribution is -2.47. The van der Waals surface area contributed by atoms with Gasteiger partial charge in [0.2, 0.25) is 11.8 Å². The van der Waals surface area contributed by atoms with Crippen LogP contribution in [-0.4, -0.2) is 59.1 Å². The lowest BCUT2D eigenvalue weighted by atomic mass is 10.0. The Morgan fingerprint density at radius 2 is 1.88 bits per heavy atom. The molecule has 3 aromatic heterocycles. The molecule has 1 saturated carbocycles. The predicted octanol–water partition coefficient (Wildman–Crippen LogP) is 4.11. The number of aromatic nitrogens is 5. The molecule has 6 rings (SSSR count). The Morgan fingerprint density at radius 3 is 2.60 bits per heavy atom. The minimum absolute atomic E-state index is 0.0333. The molecule has 1 aliphatic heterocycles. The number of hydrogen-bond acceptors (Lipinski definition) is 7. The minimum Gasteiger partial charge on any atom is -0.387 e. The van der Waals surface area contributed by atoms with Crippen LogP contribution in [0.25, 0.3) is 22.0 Å². The first-order valence-corrected chi connectivity index (χ1v) is 14.1. The van der Waals surface area contributed by atoms with Gasteiger partial charge in [0, 0.05) is 29.9 Å². The summed E-state index contributed by atoms with van der Waals surface area (Å²) in [6, 6.07) is 7.13. The monoisotopic (exact) mass is 603 g/mol. The van der Waals surface area contributed by atoms with Gasteiger partial charge in [0.15, 0.2) is 0 Å². The van der Waals surface area contributed by atoms with E-state index in [-0.39, 0.29) is 24.3 Å². The van der Waals surface area contributed by atoms with Crippen LogP contribution in [-0.2, 0) is 16.1 Å². The molecule has 2 fully saturated rings. The van der Waals surface area contributed by atoms with Crippen molar-refractivity contribution < 1.29 is 14.7 Å². The molecule has 1 aliphatic carbocycles. The molecule has 4 atom stereocenters. The molecule has 2 aliphatic rings. The average Bonchev–Trinajstić information content (AvgIpc) is 3.40. The largest absolute Gasteiger partial charge is 0.387 e. The third-order valence-corrected chi connectivity index (χ3v) is 8.34. The van der Waals surface area contributed by atoms with Gasteiger partial charge in [-0.25, -0.2) is 15.0 Å². The number of nitrogens with one attached hydrogen (secondary N) is 1. The summed E-state index contributed by atoms with van der Waals surface area (Å²) in [5, 5.41) is 18.9. The lowest BCUT2D eigenvalue weighted by molar-refractivity contribution is -0.138. The highest BCUT2D eigenvalue weighted by Crippen LogP contribution is 2.50. The number of likely N-dealkylation sites (tertiary alicyclic amines) is 1. The van der Waals surface area contributed by atoms with Crippen LogP contribution in [0.4, 0.5) is 5.82 Å². The molecule has 1 saturated heterocycles. The van der Waals surface area contributed by atoms with Crippen molar-refractivity contribution in [3.63, 3.8) is 0 Å². The van der Waals surface area contributed by atoms with Crippen molar-refractivity contribution in [2.45, 2.75) is 52.8 Å². The van der Waals surface area contributed by atoms with Crippen molar-refractivity contribution in [3.8, 4) is 11.1 Å². The Hall–Kier alpha value is -3.70. The summed E-state index contributed by atoms with van der Waals surface area (Å²) in [6.07, 6.45) is 3.65. The molecule has 11 heteroatoms. The van der Waals surface area contributed by atoms with Gasteiger partial charge in [0.25, 0.3) is 0 Å². The summed E-state index contributed by atoms with van der Waals surface area (Å²) in [4.78, 5) is 41.8. The molecule has 4 aromatic rings. The predicted molar refractivity (Wildman–Crippen MR) is 153 cm³/mol. The normalized spacial score (nSPS) is 20.4. The first-order valence-electron chi connectivity index (χ1n) is 13.3. The summed E-state index contributed by atoms with van der Waals surface area (Å²) in [7, 11) is 0. The fourth-order valence-corrected chi connectivity index (χ4v) is 6.09. The van der Waals surface area contributed by atoms with E-state index in [4.69, 9.17) is 0 Å². The van der Waals surface area contributed by atoms with Crippen LogP contribution in [0.1, 0.15) is 42.1 Å². The van der Waals surface area contributed by atoms with E-state index in [1.807, 2.05) is 45.0 Å². The van der Waals surface area contributed by atoms with Gasteiger partial charge in [-0.3, -0.25) is 14.3 Å². The van der Waals surface area contributed by atoms with E-state index in [0.717, 1.165) is 39.6 Å². The van der Waals surface area contributed by atoms with Gasteiger partial charge in [-0.05, 0) is 96.8 Å². The van der Waals surface area contributed by atoms with Crippen molar-refractivity contribution in [1.82, 2.24) is 29.6 Å². The van der Waals surface area contributed by atoms with E-state index in [1.165, 1.54) is 0 Å². The zero-order chi connectivity index (χ0) is 28.3. The molecule has 10 nitrogen and oxygen atoms in total. The number of fused-ring (bicyclic) bond motifs is 2. The van der Waals surface area contributed by atoms with Crippen LogP contribution >= 0.6 is 15.9 Å². The Labute approximate surface area is 240 Å². The zero-order valence-electron chi connectivity index (χ0n) is 22.7. The minimum atomic E-state index is -0.832. The summed E-state index contributed by atoms with van der Waals surface area (Å²) in [5.41, 5.74) is 4.80. The average molecular weight is 605 g/mol. The number of hydrogen-bond donors (Lipinski definition) is 2. The third-order valence-electron chi connectivity index (χ3n) is 7.90. The fraction of sp³-hybridized carbons (Fsp3) is 0.379. The number of nitrogens with zero attached hydrogens (tertiary/aromatic N) is 6. The highest BCUT2D eigenvalue weighted by Gasteiger charge is 2.56. The molecule has 206 valence electrons. The van der Waals surface area contributed by atoms with Crippen LogP contribution in [0, 0.1) is 32.6 Å². The zero-order valence-corrected chi connectivity index (χ0v) is 24.3. The Bertz CT molecular complexity index is 1650. The van der Waals surface area contributed by atoms with E-state index in [1.54, 1.807) is 28.9 Å². The SMILES string of the molecule is Cc1ncc(-c2cc(C)c3c(c2)c(C(C)O)nn3CC(=O)N2C[C@H]3C[C@H]3[C@H]2C(=O)Nc2nc(Br)ccc2C)cn1. The Balaban J connectivity index is 1.29.